The van der Waals surface area contributed by atoms with Crippen LogP contribution < -0.4 is 10.2 Å². The standard InChI is InChI=1S/C24H28ClN5OS/c25-18-9-11-19(12-10-18)29-14-16-30(17-15-29)22(31)8-2-1-5-13-26-23-20-6-3-4-7-21(20)27-24(32)28-23/h3-4,6-7,9-12H,1-2,5,8,13-17H2,(H2,26,27,28,32). The Bertz CT molecular complexity index is 1110. The first-order valence-corrected chi connectivity index (χ1v) is 11.9. The number of hydrogen-bond acceptors (Lipinski definition) is 5. The van der Waals surface area contributed by atoms with Crippen molar-refractivity contribution in [3.8, 4) is 0 Å². The lowest BCUT2D eigenvalue weighted by Gasteiger charge is -2.36. The van der Waals surface area contributed by atoms with E-state index in [-0.39, 0.29) is 5.91 Å². The van der Waals surface area contributed by atoms with E-state index < -0.39 is 0 Å². The van der Waals surface area contributed by atoms with Gasteiger partial charge in [0.05, 0.1) is 5.52 Å². The van der Waals surface area contributed by atoms with Crippen molar-refractivity contribution in [3.05, 3.63) is 58.3 Å². The molecule has 6 nitrogen and oxygen atoms in total. The van der Waals surface area contributed by atoms with Crippen LogP contribution in [-0.4, -0.2) is 53.5 Å². The minimum absolute atomic E-state index is 0.260. The first-order chi connectivity index (χ1) is 15.6. The Labute approximate surface area is 198 Å². The number of carbonyl (C=O) groups excluding carboxylic acids is 1. The number of carbonyl (C=O) groups is 1. The summed E-state index contributed by atoms with van der Waals surface area (Å²) in [5.74, 6) is 1.08. The Kier molecular flexibility index (Phi) is 7.60. The van der Waals surface area contributed by atoms with Crippen molar-refractivity contribution in [1.29, 1.82) is 0 Å². The molecular weight excluding hydrogens is 442 g/mol. The van der Waals surface area contributed by atoms with Gasteiger partial charge in [-0.3, -0.25) is 4.79 Å². The fourth-order valence-electron chi connectivity index (χ4n) is 4.05. The Morgan fingerprint density at radius 2 is 1.78 bits per heavy atom. The number of hydrogen-bond donors (Lipinski definition) is 2. The summed E-state index contributed by atoms with van der Waals surface area (Å²) in [7, 11) is 0. The number of aromatic nitrogens is 2. The van der Waals surface area contributed by atoms with Gasteiger partial charge in [-0.15, -0.1) is 0 Å². The average molecular weight is 470 g/mol. The molecule has 2 N–H and O–H groups in total. The molecule has 168 valence electrons. The Hall–Kier alpha value is -2.64. The minimum Gasteiger partial charge on any atom is -0.369 e. The second-order valence-corrected chi connectivity index (χ2v) is 8.84. The zero-order chi connectivity index (χ0) is 22.3. The molecular formula is C24H28ClN5OS. The van der Waals surface area contributed by atoms with E-state index in [1.165, 1.54) is 0 Å². The highest BCUT2D eigenvalue weighted by atomic mass is 35.5. The topological polar surface area (TPSA) is 64.3 Å². The summed E-state index contributed by atoms with van der Waals surface area (Å²) in [5.41, 5.74) is 2.15. The van der Waals surface area contributed by atoms with E-state index >= 15 is 0 Å². The molecule has 32 heavy (non-hydrogen) atoms. The molecule has 0 aliphatic carbocycles. The summed E-state index contributed by atoms with van der Waals surface area (Å²) in [6.07, 6.45) is 3.50. The molecule has 0 spiro atoms. The molecule has 1 saturated heterocycles. The van der Waals surface area contributed by atoms with Crippen molar-refractivity contribution in [3.63, 3.8) is 0 Å². The number of H-pyrrole nitrogens is 1. The number of amides is 1. The van der Waals surface area contributed by atoms with Gasteiger partial charge < -0.3 is 20.1 Å². The smallest absolute Gasteiger partial charge is 0.222 e. The third-order valence-electron chi connectivity index (χ3n) is 5.82. The van der Waals surface area contributed by atoms with E-state index in [9.17, 15) is 4.79 Å². The lowest BCUT2D eigenvalue weighted by molar-refractivity contribution is -0.131. The predicted molar refractivity (Wildman–Crippen MR) is 134 cm³/mol. The largest absolute Gasteiger partial charge is 0.369 e. The number of fused-ring (bicyclic) bond motifs is 1. The Morgan fingerprint density at radius 3 is 2.56 bits per heavy atom. The molecule has 0 bridgehead atoms. The molecule has 3 aromatic rings. The van der Waals surface area contributed by atoms with Gasteiger partial charge in [0.15, 0.2) is 4.77 Å². The zero-order valence-electron chi connectivity index (χ0n) is 18.0. The first kappa shape index (κ1) is 22.6. The van der Waals surface area contributed by atoms with Gasteiger partial charge in [0, 0.05) is 55.2 Å². The monoisotopic (exact) mass is 469 g/mol. The van der Waals surface area contributed by atoms with Crippen molar-refractivity contribution >= 4 is 52.1 Å². The van der Waals surface area contributed by atoms with Gasteiger partial charge in [-0.25, -0.2) is 4.98 Å². The molecule has 1 amide bonds. The molecule has 1 aliphatic heterocycles. The van der Waals surface area contributed by atoms with Crippen LogP contribution >= 0.6 is 23.8 Å². The van der Waals surface area contributed by atoms with Gasteiger partial charge in [-0.05, 0) is 61.5 Å². The third kappa shape index (κ3) is 5.78. The van der Waals surface area contributed by atoms with Crippen molar-refractivity contribution < 1.29 is 4.79 Å². The summed E-state index contributed by atoms with van der Waals surface area (Å²) in [6.45, 7) is 4.07. The highest BCUT2D eigenvalue weighted by Gasteiger charge is 2.20. The van der Waals surface area contributed by atoms with Gasteiger partial charge in [0.25, 0.3) is 0 Å². The Morgan fingerprint density at radius 1 is 1.03 bits per heavy atom. The number of benzene rings is 2. The van der Waals surface area contributed by atoms with Crippen molar-refractivity contribution in [1.82, 2.24) is 14.9 Å². The van der Waals surface area contributed by atoms with Crippen LogP contribution in [0.1, 0.15) is 25.7 Å². The maximum atomic E-state index is 12.6. The van der Waals surface area contributed by atoms with E-state index in [4.69, 9.17) is 23.8 Å². The summed E-state index contributed by atoms with van der Waals surface area (Å²) < 4.78 is 0.480. The van der Waals surface area contributed by atoms with Crippen LogP contribution in [0.3, 0.4) is 0 Å². The summed E-state index contributed by atoms with van der Waals surface area (Å²) >= 11 is 11.2. The van der Waals surface area contributed by atoms with E-state index in [1.54, 1.807) is 0 Å². The fourth-order valence-corrected chi connectivity index (χ4v) is 4.37. The van der Waals surface area contributed by atoms with E-state index in [0.717, 1.165) is 79.4 Å². The predicted octanol–water partition coefficient (Wildman–Crippen LogP) is 5.27. The van der Waals surface area contributed by atoms with E-state index in [2.05, 4.69) is 20.2 Å². The minimum atomic E-state index is 0.260. The number of halogens is 1. The highest BCUT2D eigenvalue weighted by Crippen LogP contribution is 2.21. The molecule has 0 unspecified atom stereocenters. The molecule has 4 rings (SSSR count). The second-order valence-electron chi connectivity index (χ2n) is 8.02. The average Bonchev–Trinajstić information content (AvgIpc) is 2.81. The molecule has 2 aromatic carbocycles. The zero-order valence-corrected chi connectivity index (χ0v) is 19.6. The van der Waals surface area contributed by atoms with Gasteiger partial charge in [0.2, 0.25) is 5.91 Å². The molecule has 0 atom stereocenters. The Balaban J connectivity index is 1.15. The van der Waals surface area contributed by atoms with E-state index in [1.807, 2.05) is 53.4 Å². The summed E-state index contributed by atoms with van der Waals surface area (Å²) in [4.78, 5) is 24.4. The molecule has 0 saturated carbocycles. The maximum absolute atomic E-state index is 12.6. The van der Waals surface area contributed by atoms with Crippen LogP contribution in [0.5, 0.6) is 0 Å². The van der Waals surface area contributed by atoms with Crippen molar-refractivity contribution in [2.75, 3.05) is 42.9 Å². The fraction of sp³-hybridized carbons (Fsp3) is 0.375. The van der Waals surface area contributed by atoms with Crippen LogP contribution in [0.25, 0.3) is 10.9 Å². The van der Waals surface area contributed by atoms with Crippen LogP contribution in [0, 0.1) is 4.77 Å². The molecule has 0 radical (unpaired) electrons. The lowest BCUT2D eigenvalue weighted by Crippen LogP contribution is -2.48. The second kappa shape index (κ2) is 10.8. The van der Waals surface area contributed by atoms with Crippen molar-refractivity contribution in [2.45, 2.75) is 25.7 Å². The molecule has 8 heteroatoms. The SMILES string of the molecule is O=C(CCCCCNc1nc(=S)[nH]c2ccccc12)N1CCN(c2ccc(Cl)cc2)CC1. The summed E-state index contributed by atoms with van der Waals surface area (Å²) in [5, 5.41) is 5.18. The van der Waals surface area contributed by atoms with Gasteiger partial charge in [-0.1, -0.05) is 30.2 Å². The van der Waals surface area contributed by atoms with Gasteiger partial charge in [0.1, 0.15) is 5.82 Å². The quantitative estimate of drug-likeness (QED) is 0.347. The number of anilines is 2. The van der Waals surface area contributed by atoms with Crippen molar-refractivity contribution in [2.24, 2.45) is 0 Å². The van der Waals surface area contributed by atoms with Crippen LogP contribution in [-0.2, 0) is 4.79 Å². The number of nitrogens with one attached hydrogen (secondary N) is 2. The molecule has 1 aromatic heterocycles. The van der Waals surface area contributed by atoms with Crippen LogP contribution in [0.4, 0.5) is 11.5 Å². The number of nitrogens with zero attached hydrogens (tertiary/aromatic N) is 3. The number of rotatable bonds is 8. The van der Waals surface area contributed by atoms with Gasteiger partial charge in [-0.2, -0.15) is 0 Å². The normalized spacial score (nSPS) is 14.0. The third-order valence-corrected chi connectivity index (χ3v) is 6.27. The summed E-state index contributed by atoms with van der Waals surface area (Å²) in [6, 6.07) is 15.9. The molecule has 1 fully saturated rings. The maximum Gasteiger partial charge on any atom is 0.222 e. The highest BCUT2D eigenvalue weighted by molar-refractivity contribution is 7.71. The first-order valence-electron chi connectivity index (χ1n) is 11.1. The number of para-hydroxylation sites is 1. The number of piperazine rings is 1. The lowest BCUT2D eigenvalue weighted by atomic mass is 10.1. The van der Waals surface area contributed by atoms with Crippen LogP contribution in [0.15, 0.2) is 48.5 Å². The molecule has 1 aliphatic rings. The molecule has 2 heterocycles. The van der Waals surface area contributed by atoms with Crippen LogP contribution in [0.2, 0.25) is 5.02 Å². The number of aromatic amines is 1. The number of unbranched alkanes of at least 4 members (excludes halogenated alkanes) is 2. The van der Waals surface area contributed by atoms with Gasteiger partial charge >= 0.3 is 0 Å². The van der Waals surface area contributed by atoms with E-state index in [0.29, 0.717) is 11.2 Å².